The molecule has 1 unspecified atom stereocenters. The van der Waals surface area contributed by atoms with Crippen molar-refractivity contribution < 1.29 is 9.59 Å². The van der Waals surface area contributed by atoms with Crippen LogP contribution in [0.4, 0.5) is 5.13 Å². The van der Waals surface area contributed by atoms with Crippen molar-refractivity contribution >= 4 is 40.0 Å². The van der Waals surface area contributed by atoms with Gasteiger partial charge < -0.3 is 10.6 Å². The monoisotopic (exact) mass is 436 g/mol. The summed E-state index contributed by atoms with van der Waals surface area (Å²) in [5.74, 6) is -0.332. The number of carbonyl (C=O) groups is 2. The summed E-state index contributed by atoms with van der Waals surface area (Å²) in [6.07, 6.45) is 0.353. The van der Waals surface area contributed by atoms with E-state index in [1.54, 1.807) is 24.3 Å². The number of hydrogen-bond acceptors (Lipinski definition) is 6. The number of thioether (sulfide) groups is 1. The van der Waals surface area contributed by atoms with Crippen molar-refractivity contribution in [1.82, 2.24) is 10.3 Å². The maximum Gasteiger partial charge on any atom is 0.251 e. The van der Waals surface area contributed by atoms with Crippen LogP contribution in [0.25, 0.3) is 0 Å². The third-order valence-corrected chi connectivity index (χ3v) is 6.49. The van der Waals surface area contributed by atoms with Crippen LogP contribution >= 0.6 is 23.1 Å². The van der Waals surface area contributed by atoms with E-state index in [4.69, 9.17) is 5.26 Å². The SMILES string of the molecule is Cc1nc(NC(=O)C(Cc2ccccc2)NC(=O)c2ccccc2)sc1SCC#N. The van der Waals surface area contributed by atoms with E-state index in [2.05, 4.69) is 21.7 Å². The van der Waals surface area contributed by atoms with E-state index in [1.165, 1.54) is 23.1 Å². The summed E-state index contributed by atoms with van der Waals surface area (Å²) in [6.45, 7) is 1.84. The molecule has 2 amide bonds. The fraction of sp³-hybridized carbons (Fsp3) is 0.182. The Morgan fingerprint density at radius 2 is 1.80 bits per heavy atom. The second kappa shape index (κ2) is 10.6. The van der Waals surface area contributed by atoms with Crippen LogP contribution in [0, 0.1) is 18.3 Å². The van der Waals surface area contributed by atoms with E-state index in [0.717, 1.165) is 15.5 Å². The van der Waals surface area contributed by atoms with Gasteiger partial charge in [-0.25, -0.2) is 4.98 Å². The van der Waals surface area contributed by atoms with Gasteiger partial charge in [0.1, 0.15) is 6.04 Å². The van der Waals surface area contributed by atoms with E-state index < -0.39 is 6.04 Å². The highest BCUT2D eigenvalue weighted by atomic mass is 32.2. The van der Waals surface area contributed by atoms with Crippen LogP contribution in [-0.4, -0.2) is 28.6 Å². The van der Waals surface area contributed by atoms with Crippen LogP contribution in [0.2, 0.25) is 0 Å². The predicted molar refractivity (Wildman–Crippen MR) is 120 cm³/mol. The van der Waals surface area contributed by atoms with E-state index in [-0.39, 0.29) is 11.8 Å². The molecular formula is C22H20N4O2S2. The van der Waals surface area contributed by atoms with Crippen molar-refractivity contribution in [2.24, 2.45) is 0 Å². The van der Waals surface area contributed by atoms with Crippen LogP contribution in [0.15, 0.2) is 64.9 Å². The minimum Gasteiger partial charge on any atom is -0.340 e. The summed E-state index contributed by atoms with van der Waals surface area (Å²) < 4.78 is 0.889. The Balaban J connectivity index is 1.76. The third-order valence-electron chi connectivity index (χ3n) is 4.19. The Labute approximate surface area is 183 Å². The fourth-order valence-electron chi connectivity index (χ4n) is 2.75. The van der Waals surface area contributed by atoms with Crippen molar-refractivity contribution in [1.29, 1.82) is 5.26 Å². The fourth-order valence-corrected chi connectivity index (χ4v) is 4.55. The molecule has 1 atom stereocenters. The topological polar surface area (TPSA) is 94.9 Å². The van der Waals surface area contributed by atoms with Crippen LogP contribution in [0.3, 0.4) is 0 Å². The number of aromatic nitrogens is 1. The number of benzene rings is 2. The molecule has 3 aromatic rings. The first-order valence-corrected chi connectivity index (χ1v) is 11.0. The molecule has 0 bridgehead atoms. The summed E-state index contributed by atoms with van der Waals surface area (Å²) in [4.78, 5) is 30.0. The first kappa shape index (κ1) is 21.6. The molecule has 0 aliphatic rings. The normalized spacial score (nSPS) is 11.3. The molecule has 2 N–H and O–H groups in total. The van der Waals surface area contributed by atoms with E-state index in [0.29, 0.717) is 22.9 Å². The molecular weight excluding hydrogens is 416 g/mol. The largest absolute Gasteiger partial charge is 0.340 e. The van der Waals surface area contributed by atoms with Gasteiger partial charge in [-0.2, -0.15) is 5.26 Å². The Morgan fingerprint density at radius 1 is 1.13 bits per heavy atom. The van der Waals surface area contributed by atoms with E-state index in [1.807, 2.05) is 43.3 Å². The van der Waals surface area contributed by atoms with Gasteiger partial charge in [0.25, 0.3) is 5.91 Å². The molecule has 1 aromatic heterocycles. The molecule has 0 fully saturated rings. The molecule has 0 saturated heterocycles. The summed E-state index contributed by atoms with van der Waals surface area (Å²) in [7, 11) is 0. The number of anilines is 1. The van der Waals surface area contributed by atoms with Gasteiger partial charge in [-0.05, 0) is 24.6 Å². The second-order valence-electron chi connectivity index (χ2n) is 6.41. The third kappa shape index (κ3) is 5.92. The minimum absolute atomic E-state index is 0.313. The van der Waals surface area contributed by atoms with Gasteiger partial charge in [0.2, 0.25) is 5.91 Å². The van der Waals surface area contributed by atoms with Crippen molar-refractivity contribution in [2.75, 3.05) is 11.1 Å². The zero-order valence-electron chi connectivity index (χ0n) is 16.3. The van der Waals surface area contributed by atoms with Gasteiger partial charge in [0.15, 0.2) is 5.13 Å². The highest BCUT2D eigenvalue weighted by Crippen LogP contribution is 2.31. The summed E-state index contributed by atoms with van der Waals surface area (Å²) in [5, 5.41) is 14.9. The standard InChI is InChI=1S/C22H20N4O2S2/c1-15-21(29-13-12-23)30-22(24-15)26-20(28)18(14-16-8-4-2-5-9-16)25-19(27)17-10-6-3-7-11-17/h2-11,18H,13-14H2,1H3,(H,25,27)(H,24,26,28). The number of aryl methyl sites for hydroxylation is 1. The number of rotatable bonds is 8. The van der Waals surface area contributed by atoms with Crippen molar-refractivity contribution in [3.05, 3.63) is 77.5 Å². The van der Waals surface area contributed by atoms with E-state index in [9.17, 15) is 9.59 Å². The first-order chi connectivity index (χ1) is 14.6. The average Bonchev–Trinajstić information content (AvgIpc) is 3.11. The Hall–Kier alpha value is -3.15. The number of nitrogens with one attached hydrogen (secondary N) is 2. The second-order valence-corrected chi connectivity index (χ2v) is 8.65. The molecule has 0 aliphatic heterocycles. The maximum atomic E-state index is 13.0. The molecule has 6 nitrogen and oxygen atoms in total. The lowest BCUT2D eigenvalue weighted by Crippen LogP contribution is -2.45. The highest BCUT2D eigenvalue weighted by Gasteiger charge is 2.23. The van der Waals surface area contributed by atoms with Gasteiger partial charge in [0, 0.05) is 12.0 Å². The summed E-state index contributed by atoms with van der Waals surface area (Å²) in [5.41, 5.74) is 2.19. The Kier molecular flexibility index (Phi) is 7.60. The number of nitriles is 1. The molecule has 8 heteroatoms. The van der Waals surface area contributed by atoms with Crippen LogP contribution in [-0.2, 0) is 11.2 Å². The molecule has 0 radical (unpaired) electrons. The average molecular weight is 437 g/mol. The van der Waals surface area contributed by atoms with Crippen molar-refractivity contribution in [2.45, 2.75) is 23.6 Å². The molecule has 30 heavy (non-hydrogen) atoms. The molecule has 0 saturated carbocycles. The van der Waals surface area contributed by atoms with Crippen LogP contribution < -0.4 is 10.6 Å². The molecule has 152 valence electrons. The van der Waals surface area contributed by atoms with Crippen LogP contribution in [0.1, 0.15) is 21.6 Å². The van der Waals surface area contributed by atoms with Gasteiger partial charge in [-0.15, -0.1) is 0 Å². The smallest absolute Gasteiger partial charge is 0.251 e. The predicted octanol–water partition coefficient (Wildman–Crippen LogP) is 4.05. The Bertz CT molecular complexity index is 1050. The van der Waals surface area contributed by atoms with Gasteiger partial charge in [-0.1, -0.05) is 71.6 Å². The number of hydrogen-bond donors (Lipinski definition) is 2. The first-order valence-electron chi connectivity index (χ1n) is 9.24. The maximum absolute atomic E-state index is 13.0. The molecule has 1 heterocycles. The van der Waals surface area contributed by atoms with Crippen molar-refractivity contribution in [3.63, 3.8) is 0 Å². The Morgan fingerprint density at radius 3 is 2.47 bits per heavy atom. The van der Waals surface area contributed by atoms with Crippen molar-refractivity contribution in [3.8, 4) is 6.07 Å². The molecule has 0 spiro atoms. The van der Waals surface area contributed by atoms with Gasteiger partial charge in [-0.3, -0.25) is 9.59 Å². The summed E-state index contributed by atoms with van der Waals surface area (Å²) in [6, 6.07) is 19.6. The number of amides is 2. The zero-order valence-corrected chi connectivity index (χ0v) is 17.9. The van der Waals surface area contributed by atoms with Gasteiger partial charge >= 0.3 is 0 Å². The quantitative estimate of drug-likeness (QED) is 0.520. The lowest BCUT2D eigenvalue weighted by atomic mass is 10.0. The zero-order chi connectivity index (χ0) is 21.3. The molecule has 2 aromatic carbocycles. The minimum atomic E-state index is -0.764. The lowest BCUT2D eigenvalue weighted by Gasteiger charge is -2.18. The van der Waals surface area contributed by atoms with Gasteiger partial charge in [0.05, 0.1) is 21.7 Å². The van der Waals surface area contributed by atoms with E-state index >= 15 is 0 Å². The molecule has 3 rings (SSSR count). The summed E-state index contributed by atoms with van der Waals surface area (Å²) >= 11 is 2.71. The van der Waals surface area contributed by atoms with Crippen LogP contribution in [0.5, 0.6) is 0 Å². The number of nitrogens with zero attached hydrogens (tertiary/aromatic N) is 2. The number of thiazole rings is 1. The lowest BCUT2D eigenvalue weighted by molar-refractivity contribution is -0.118. The number of carbonyl (C=O) groups excluding carboxylic acids is 2. The molecule has 0 aliphatic carbocycles. The highest BCUT2D eigenvalue weighted by molar-refractivity contribution is 8.01.